The first-order valence-electron chi connectivity index (χ1n) is 3.84. The van der Waals surface area contributed by atoms with Crippen LogP contribution in [0.1, 0.15) is 17.6 Å². The molecule has 0 N–H and O–H groups in total. The summed E-state index contributed by atoms with van der Waals surface area (Å²) in [5.41, 5.74) is -3.65. The lowest BCUT2D eigenvalue weighted by Gasteiger charge is -2.08. The molecule has 0 bridgehead atoms. The minimum Gasteiger partial charge on any atom is -0.358 e. The Bertz CT molecular complexity index is 458. The standard InChI is InChI=1S/C7H2F6N2O2/c8-4(9)2-1-3(7(11,12)13)6(15(16)17)14-5(2)10/h1,4H. The molecule has 0 aliphatic heterocycles. The van der Waals surface area contributed by atoms with Gasteiger partial charge in [-0.15, -0.1) is 0 Å². The molecule has 0 aliphatic rings. The molecular weight excluding hydrogens is 258 g/mol. The van der Waals surface area contributed by atoms with Gasteiger partial charge in [-0.1, -0.05) is 0 Å². The van der Waals surface area contributed by atoms with Gasteiger partial charge in [-0.05, 0) is 16.0 Å². The highest BCUT2D eigenvalue weighted by atomic mass is 19.4. The number of alkyl halides is 5. The molecule has 0 spiro atoms. The molecule has 0 amide bonds. The van der Waals surface area contributed by atoms with Crippen LogP contribution < -0.4 is 0 Å². The van der Waals surface area contributed by atoms with Crippen LogP contribution in [0.15, 0.2) is 6.07 Å². The van der Waals surface area contributed by atoms with E-state index in [4.69, 9.17) is 0 Å². The Morgan fingerprint density at radius 3 is 2.24 bits per heavy atom. The van der Waals surface area contributed by atoms with E-state index in [-0.39, 0.29) is 6.07 Å². The molecule has 0 radical (unpaired) electrons. The van der Waals surface area contributed by atoms with Crippen LogP contribution in [0, 0.1) is 16.1 Å². The first-order valence-corrected chi connectivity index (χ1v) is 3.84. The number of hydrogen-bond acceptors (Lipinski definition) is 3. The normalized spacial score (nSPS) is 11.9. The first-order chi connectivity index (χ1) is 7.64. The fourth-order valence-electron chi connectivity index (χ4n) is 0.998. The Hall–Kier alpha value is -1.87. The van der Waals surface area contributed by atoms with Crippen molar-refractivity contribution in [2.75, 3.05) is 0 Å². The highest BCUT2D eigenvalue weighted by Crippen LogP contribution is 2.37. The second-order valence-electron chi connectivity index (χ2n) is 2.80. The van der Waals surface area contributed by atoms with E-state index in [2.05, 4.69) is 4.98 Å². The second-order valence-corrected chi connectivity index (χ2v) is 2.80. The highest BCUT2D eigenvalue weighted by molar-refractivity contribution is 5.38. The lowest BCUT2D eigenvalue weighted by molar-refractivity contribution is -0.393. The molecule has 0 atom stereocenters. The predicted octanol–water partition coefficient (Wildman–Crippen LogP) is 3.09. The molecule has 0 unspecified atom stereocenters. The second kappa shape index (κ2) is 4.18. The summed E-state index contributed by atoms with van der Waals surface area (Å²) < 4.78 is 73.8. The monoisotopic (exact) mass is 260 g/mol. The van der Waals surface area contributed by atoms with Gasteiger partial charge >= 0.3 is 17.9 Å². The molecule has 0 aromatic carbocycles. The SMILES string of the molecule is O=[N+]([O-])c1nc(F)c(C(F)F)cc1C(F)(F)F. The zero-order valence-electron chi connectivity index (χ0n) is 7.63. The molecule has 0 aliphatic carbocycles. The number of nitrogens with zero attached hydrogens (tertiary/aromatic N) is 2. The van der Waals surface area contributed by atoms with Crippen molar-refractivity contribution in [3.63, 3.8) is 0 Å². The van der Waals surface area contributed by atoms with Gasteiger partial charge < -0.3 is 10.1 Å². The van der Waals surface area contributed by atoms with Crippen molar-refractivity contribution >= 4 is 5.82 Å². The molecule has 1 aromatic rings. The first kappa shape index (κ1) is 13.2. The average molecular weight is 260 g/mol. The van der Waals surface area contributed by atoms with Crippen LogP contribution in [0.5, 0.6) is 0 Å². The molecule has 94 valence electrons. The van der Waals surface area contributed by atoms with Crippen LogP contribution in [0.4, 0.5) is 32.2 Å². The summed E-state index contributed by atoms with van der Waals surface area (Å²) in [7, 11) is 0. The number of pyridine rings is 1. The zero-order chi connectivity index (χ0) is 13.4. The van der Waals surface area contributed by atoms with Crippen molar-refractivity contribution in [3.8, 4) is 0 Å². The molecule has 17 heavy (non-hydrogen) atoms. The summed E-state index contributed by atoms with van der Waals surface area (Å²) in [5.74, 6) is -3.85. The van der Waals surface area contributed by atoms with Crippen molar-refractivity contribution < 1.29 is 31.3 Å². The average Bonchev–Trinajstić information content (AvgIpc) is 2.14. The summed E-state index contributed by atoms with van der Waals surface area (Å²) in [4.78, 5) is 10.9. The van der Waals surface area contributed by atoms with E-state index in [0.29, 0.717) is 0 Å². The smallest absolute Gasteiger partial charge is 0.358 e. The highest BCUT2D eigenvalue weighted by Gasteiger charge is 2.42. The van der Waals surface area contributed by atoms with E-state index in [1.165, 1.54) is 0 Å². The summed E-state index contributed by atoms with van der Waals surface area (Å²) in [6.45, 7) is 0. The maximum absolute atomic E-state index is 12.8. The third kappa shape index (κ3) is 2.63. The molecular formula is C7H2F6N2O2. The van der Waals surface area contributed by atoms with Crippen molar-refractivity contribution in [1.29, 1.82) is 0 Å². The van der Waals surface area contributed by atoms with Crippen molar-refractivity contribution in [2.24, 2.45) is 0 Å². The molecule has 4 nitrogen and oxygen atoms in total. The Balaban J connectivity index is 3.54. The lowest BCUT2D eigenvalue weighted by atomic mass is 10.2. The summed E-state index contributed by atoms with van der Waals surface area (Å²) in [6.07, 6.45) is -8.82. The number of hydrogen-bond donors (Lipinski definition) is 0. The van der Waals surface area contributed by atoms with E-state index in [1.807, 2.05) is 0 Å². The van der Waals surface area contributed by atoms with Gasteiger partial charge in [0, 0.05) is 0 Å². The third-order valence-corrected chi connectivity index (χ3v) is 1.70. The molecule has 0 saturated carbocycles. The fourth-order valence-corrected chi connectivity index (χ4v) is 0.998. The summed E-state index contributed by atoms with van der Waals surface area (Å²) in [6, 6.07) is -0.314. The van der Waals surface area contributed by atoms with Crippen LogP contribution in [0.25, 0.3) is 0 Å². The Labute approximate surface area is 89.0 Å². The van der Waals surface area contributed by atoms with E-state index in [1.54, 1.807) is 0 Å². The molecule has 1 aromatic heterocycles. The van der Waals surface area contributed by atoms with E-state index in [0.717, 1.165) is 0 Å². The largest absolute Gasteiger partial charge is 0.424 e. The Morgan fingerprint density at radius 1 is 1.35 bits per heavy atom. The molecule has 1 heterocycles. The summed E-state index contributed by atoms with van der Waals surface area (Å²) >= 11 is 0. The minimum absolute atomic E-state index is 0.314. The van der Waals surface area contributed by atoms with Crippen molar-refractivity contribution in [2.45, 2.75) is 12.6 Å². The molecule has 0 saturated heterocycles. The molecule has 0 fully saturated rings. The van der Waals surface area contributed by atoms with Crippen LogP contribution in [-0.2, 0) is 6.18 Å². The van der Waals surface area contributed by atoms with E-state index >= 15 is 0 Å². The number of nitro groups is 1. The minimum atomic E-state index is -5.27. The quantitative estimate of drug-likeness (QED) is 0.355. The van der Waals surface area contributed by atoms with Crippen molar-refractivity contribution in [3.05, 3.63) is 33.3 Å². The van der Waals surface area contributed by atoms with Gasteiger partial charge in [0.05, 0.1) is 0 Å². The maximum Gasteiger partial charge on any atom is 0.424 e. The Morgan fingerprint density at radius 2 is 1.88 bits per heavy atom. The number of aromatic nitrogens is 1. The van der Waals surface area contributed by atoms with Gasteiger partial charge in [-0.3, -0.25) is 0 Å². The van der Waals surface area contributed by atoms with Gasteiger partial charge in [0.1, 0.15) is 5.56 Å². The number of halogens is 6. The van der Waals surface area contributed by atoms with Gasteiger partial charge in [0.25, 0.3) is 6.43 Å². The van der Waals surface area contributed by atoms with Crippen LogP contribution in [-0.4, -0.2) is 9.91 Å². The van der Waals surface area contributed by atoms with Gasteiger partial charge in [0.15, 0.2) is 5.56 Å². The zero-order valence-corrected chi connectivity index (χ0v) is 7.63. The molecule has 10 heteroatoms. The van der Waals surface area contributed by atoms with E-state index < -0.39 is 40.4 Å². The van der Waals surface area contributed by atoms with Crippen molar-refractivity contribution in [1.82, 2.24) is 4.98 Å². The van der Waals surface area contributed by atoms with Gasteiger partial charge in [-0.2, -0.15) is 17.6 Å². The van der Waals surface area contributed by atoms with Gasteiger partial charge in [0.2, 0.25) is 0 Å². The van der Waals surface area contributed by atoms with E-state index in [9.17, 15) is 36.5 Å². The van der Waals surface area contributed by atoms with Crippen LogP contribution >= 0.6 is 0 Å². The van der Waals surface area contributed by atoms with Gasteiger partial charge in [-0.25, -0.2) is 8.78 Å². The van der Waals surface area contributed by atoms with Crippen LogP contribution in [0.3, 0.4) is 0 Å². The van der Waals surface area contributed by atoms with Crippen LogP contribution in [0.2, 0.25) is 0 Å². The molecule has 1 rings (SSSR count). The maximum atomic E-state index is 12.8. The third-order valence-electron chi connectivity index (χ3n) is 1.70. The fraction of sp³-hybridized carbons (Fsp3) is 0.286. The Kier molecular flexibility index (Phi) is 3.25. The predicted molar refractivity (Wildman–Crippen MR) is 40.8 cm³/mol. The number of rotatable bonds is 2. The summed E-state index contributed by atoms with van der Waals surface area (Å²) in [5, 5.41) is 10.2. The topological polar surface area (TPSA) is 56.0 Å². The lowest BCUT2D eigenvalue weighted by Crippen LogP contribution is -2.13.